The van der Waals surface area contributed by atoms with E-state index < -0.39 is 10.0 Å². The molecule has 118 valence electrons. The smallest absolute Gasteiger partial charge is 0.207 e. The number of benzene rings is 1. The van der Waals surface area contributed by atoms with Gasteiger partial charge >= 0.3 is 0 Å². The second-order valence-electron chi connectivity index (χ2n) is 6.62. The van der Waals surface area contributed by atoms with Gasteiger partial charge in [-0.3, -0.25) is 0 Å². The summed E-state index contributed by atoms with van der Waals surface area (Å²) in [5, 5.41) is 9.06. The van der Waals surface area contributed by atoms with E-state index >= 15 is 0 Å². The second-order valence-corrected chi connectivity index (χ2v) is 8.44. The number of hydrogen-bond donors (Lipinski definition) is 0. The van der Waals surface area contributed by atoms with Gasteiger partial charge in [-0.1, -0.05) is 18.9 Å². The van der Waals surface area contributed by atoms with Gasteiger partial charge in [-0.05, 0) is 56.7 Å². The minimum absolute atomic E-state index is 0.0447. The van der Waals surface area contributed by atoms with E-state index in [-0.39, 0.29) is 12.1 Å². The van der Waals surface area contributed by atoms with Crippen LogP contribution in [0.2, 0.25) is 0 Å². The summed E-state index contributed by atoms with van der Waals surface area (Å²) in [5.74, 6) is 0.498. The average Bonchev–Trinajstić information content (AvgIpc) is 2.84. The molecule has 1 saturated heterocycles. The van der Waals surface area contributed by atoms with Crippen LogP contribution in [0.3, 0.4) is 0 Å². The van der Waals surface area contributed by atoms with Crippen molar-refractivity contribution in [3.05, 3.63) is 29.3 Å². The summed E-state index contributed by atoms with van der Waals surface area (Å²) >= 11 is 0. The van der Waals surface area contributed by atoms with Crippen molar-refractivity contribution in [1.29, 1.82) is 5.26 Å². The molecule has 0 bridgehead atoms. The van der Waals surface area contributed by atoms with Crippen LogP contribution < -0.4 is 0 Å². The van der Waals surface area contributed by atoms with Gasteiger partial charge in [0.15, 0.2) is 0 Å². The highest BCUT2D eigenvalue weighted by Gasteiger charge is 2.46. The molecule has 0 radical (unpaired) electrons. The SMILES string of the molecule is Cc1ccc(C#N)cc1S(=O)(=O)N1C(C)CC2CCCCC21. The zero-order chi connectivity index (χ0) is 15.9. The molecule has 1 aliphatic carbocycles. The first-order valence-corrected chi connectivity index (χ1v) is 9.43. The van der Waals surface area contributed by atoms with Gasteiger partial charge in [-0.25, -0.2) is 8.42 Å². The highest BCUT2D eigenvalue weighted by atomic mass is 32.2. The van der Waals surface area contributed by atoms with Crippen LogP contribution in [-0.4, -0.2) is 24.8 Å². The number of rotatable bonds is 2. The van der Waals surface area contributed by atoms with Crippen molar-refractivity contribution in [1.82, 2.24) is 4.31 Å². The molecular weight excluding hydrogens is 296 g/mol. The fourth-order valence-corrected chi connectivity index (χ4v) is 6.32. The molecule has 4 nitrogen and oxygen atoms in total. The fourth-order valence-electron chi connectivity index (χ4n) is 4.14. The average molecular weight is 318 g/mol. The Bertz CT molecular complexity index is 721. The van der Waals surface area contributed by atoms with Crippen molar-refractivity contribution >= 4 is 10.0 Å². The summed E-state index contributed by atoms with van der Waals surface area (Å²) in [6.45, 7) is 3.81. The van der Waals surface area contributed by atoms with Crippen molar-refractivity contribution in [2.45, 2.75) is 62.9 Å². The van der Waals surface area contributed by atoms with Crippen LogP contribution in [0.1, 0.15) is 50.2 Å². The molecule has 3 atom stereocenters. The van der Waals surface area contributed by atoms with E-state index in [0.717, 1.165) is 25.7 Å². The molecule has 1 aromatic rings. The maximum Gasteiger partial charge on any atom is 0.243 e. The molecule has 0 N–H and O–H groups in total. The fraction of sp³-hybridized carbons (Fsp3) is 0.588. The lowest BCUT2D eigenvalue weighted by molar-refractivity contribution is 0.248. The van der Waals surface area contributed by atoms with Crippen LogP contribution in [0, 0.1) is 24.2 Å². The Labute approximate surface area is 132 Å². The van der Waals surface area contributed by atoms with Gasteiger partial charge in [0, 0.05) is 12.1 Å². The molecule has 1 aliphatic heterocycles. The minimum Gasteiger partial charge on any atom is -0.207 e. The Kier molecular flexibility index (Phi) is 4.00. The molecule has 0 aromatic heterocycles. The Morgan fingerprint density at radius 2 is 2.00 bits per heavy atom. The zero-order valence-corrected chi connectivity index (χ0v) is 13.9. The molecule has 5 heteroatoms. The Morgan fingerprint density at radius 1 is 1.27 bits per heavy atom. The Balaban J connectivity index is 2.04. The van der Waals surface area contributed by atoms with E-state index in [1.165, 1.54) is 12.5 Å². The van der Waals surface area contributed by atoms with E-state index in [1.54, 1.807) is 23.4 Å². The molecule has 1 aromatic carbocycles. The predicted octanol–water partition coefficient (Wildman–Crippen LogP) is 3.21. The number of nitrogens with zero attached hydrogens (tertiary/aromatic N) is 2. The first kappa shape index (κ1) is 15.5. The monoisotopic (exact) mass is 318 g/mol. The number of nitriles is 1. The summed E-state index contributed by atoms with van der Waals surface area (Å²) in [6.07, 6.45) is 5.38. The summed E-state index contributed by atoms with van der Waals surface area (Å²) in [5.41, 5.74) is 1.11. The first-order valence-electron chi connectivity index (χ1n) is 7.99. The van der Waals surface area contributed by atoms with Gasteiger partial charge in [0.05, 0.1) is 16.5 Å². The summed E-state index contributed by atoms with van der Waals surface area (Å²) in [4.78, 5) is 0.296. The predicted molar refractivity (Wildman–Crippen MR) is 84.7 cm³/mol. The molecule has 2 fully saturated rings. The molecule has 1 saturated carbocycles. The van der Waals surface area contributed by atoms with E-state index in [0.29, 0.717) is 21.9 Å². The summed E-state index contributed by atoms with van der Waals surface area (Å²) < 4.78 is 28.1. The number of hydrogen-bond acceptors (Lipinski definition) is 3. The maximum absolute atomic E-state index is 13.2. The third kappa shape index (κ3) is 2.45. The molecule has 2 aliphatic rings. The summed E-state index contributed by atoms with van der Waals surface area (Å²) in [6, 6.07) is 7.14. The van der Waals surface area contributed by atoms with E-state index in [2.05, 4.69) is 0 Å². The van der Waals surface area contributed by atoms with Gasteiger partial charge in [0.2, 0.25) is 10.0 Å². The van der Waals surface area contributed by atoms with Crippen molar-refractivity contribution in [3.63, 3.8) is 0 Å². The van der Waals surface area contributed by atoms with Gasteiger partial charge in [0.1, 0.15) is 0 Å². The highest BCUT2D eigenvalue weighted by Crippen LogP contribution is 2.42. The van der Waals surface area contributed by atoms with Gasteiger partial charge < -0.3 is 0 Å². The van der Waals surface area contributed by atoms with Crippen molar-refractivity contribution in [2.24, 2.45) is 5.92 Å². The quantitative estimate of drug-likeness (QED) is 0.841. The van der Waals surface area contributed by atoms with E-state index in [9.17, 15) is 8.42 Å². The number of aryl methyl sites for hydroxylation is 1. The lowest BCUT2D eigenvalue weighted by Gasteiger charge is -2.32. The zero-order valence-electron chi connectivity index (χ0n) is 13.1. The van der Waals surface area contributed by atoms with E-state index in [4.69, 9.17) is 5.26 Å². The van der Waals surface area contributed by atoms with Gasteiger partial charge in [-0.2, -0.15) is 9.57 Å². The molecule has 3 rings (SSSR count). The van der Waals surface area contributed by atoms with Gasteiger partial charge in [0.25, 0.3) is 0 Å². The second kappa shape index (κ2) is 5.68. The van der Waals surface area contributed by atoms with Crippen molar-refractivity contribution in [3.8, 4) is 6.07 Å². The number of sulfonamides is 1. The van der Waals surface area contributed by atoms with Crippen LogP contribution in [0.25, 0.3) is 0 Å². The van der Waals surface area contributed by atoms with Crippen LogP contribution in [-0.2, 0) is 10.0 Å². The maximum atomic E-state index is 13.2. The minimum atomic E-state index is -3.54. The van der Waals surface area contributed by atoms with Crippen LogP contribution in [0.4, 0.5) is 0 Å². The van der Waals surface area contributed by atoms with Crippen LogP contribution >= 0.6 is 0 Å². The van der Waals surface area contributed by atoms with Gasteiger partial charge in [-0.15, -0.1) is 0 Å². The molecule has 0 amide bonds. The number of fused-ring (bicyclic) bond motifs is 1. The van der Waals surface area contributed by atoms with Crippen molar-refractivity contribution in [2.75, 3.05) is 0 Å². The first-order chi connectivity index (χ1) is 10.4. The topological polar surface area (TPSA) is 61.2 Å². The molecule has 22 heavy (non-hydrogen) atoms. The Morgan fingerprint density at radius 3 is 2.73 bits per heavy atom. The lowest BCUT2D eigenvalue weighted by Crippen LogP contribution is -2.42. The van der Waals surface area contributed by atoms with E-state index in [1.807, 2.05) is 13.0 Å². The lowest BCUT2D eigenvalue weighted by atomic mass is 9.85. The Hall–Kier alpha value is -1.38. The third-order valence-electron chi connectivity index (χ3n) is 5.15. The molecular formula is C17H22N2O2S. The standard InChI is InChI=1S/C17H22N2O2S/c1-12-7-8-14(11-18)10-17(12)22(20,21)19-13(2)9-15-5-3-4-6-16(15)19/h7-8,10,13,15-16H,3-6,9H2,1-2H3. The summed E-state index contributed by atoms with van der Waals surface area (Å²) in [7, 11) is -3.54. The molecule has 1 heterocycles. The third-order valence-corrected chi connectivity index (χ3v) is 7.33. The normalized spacial score (nSPS) is 29.0. The van der Waals surface area contributed by atoms with Crippen LogP contribution in [0.15, 0.2) is 23.1 Å². The molecule has 0 spiro atoms. The molecule has 3 unspecified atom stereocenters. The largest absolute Gasteiger partial charge is 0.243 e. The highest BCUT2D eigenvalue weighted by molar-refractivity contribution is 7.89. The van der Waals surface area contributed by atoms with Crippen LogP contribution in [0.5, 0.6) is 0 Å². The van der Waals surface area contributed by atoms with Crippen molar-refractivity contribution < 1.29 is 8.42 Å².